The lowest BCUT2D eigenvalue weighted by Gasteiger charge is -2.17. The van der Waals surface area contributed by atoms with E-state index in [4.69, 9.17) is 32.2 Å². The highest BCUT2D eigenvalue weighted by molar-refractivity contribution is 6.31. The maximum Gasteiger partial charge on any atom is 0.254 e. The summed E-state index contributed by atoms with van der Waals surface area (Å²) in [6.45, 7) is 0.119. The van der Waals surface area contributed by atoms with Crippen molar-refractivity contribution >= 4 is 23.3 Å². The summed E-state index contributed by atoms with van der Waals surface area (Å²) in [6.07, 6.45) is -1.11. The van der Waals surface area contributed by atoms with Crippen LogP contribution in [0.25, 0.3) is 0 Å². The van der Waals surface area contributed by atoms with Crippen LogP contribution in [0.1, 0.15) is 22.8 Å². The van der Waals surface area contributed by atoms with Gasteiger partial charge in [0.1, 0.15) is 17.4 Å². The van der Waals surface area contributed by atoms with Crippen molar-refractivity contribution in [1.29, 1.82) is 5.41 Å². The molecule has 0 aromatic heterocycles. The Morgan fingerprint density at radius 3 is 2.58 bits per heavy atom. The first-order valence-electron chi connectivity index (χ1n) is 7.64. The number of nitrogens with two attached hydrogens (primary N) is 1. The molecule has 0 spiro atoms. The van der Waals surface area contributed by atoms with Gasteiger partial charge in [-0.1, -0.05) is 23.7 Å². The van der Waals surface area contributed by atoms with E-state index >= 15 is 0 Å². The number of benzene rings is 2. The number of rotatable bonds is 7. The van der Waals surface area contributed by atoms with Crippen LogP contribution in [-0.4, -0.2) is 26.0 Å². The van der Waals surface area contributed by atoms with Crippen molar-refractivity contribution in [2.75, 3.05) is 14.2 Å². The van der Waals surface area contributed by atoms with E-state index in [2.05, 4.69) is 5.32 Å². The lowest BCUT2D eigenvalue weighted by molar-refractivity contribution is -0.131. The molecule has 0 aliphatic carbocycles. The molecule has 2 rings (SSSR count). The van der Waals surface area contributed by atoms with Gasteiger partial charge in [-0.2, -0.15) is 0 Å². The van der Waals surface area contributed by atoms with E-state index in [1.165, 1.54) is 26.4 Å². The monoisotopic (exact) mass is 379 g/mol. The van der Waals surface area contributed by atoms with Gasteiger partial charge in [0.2, 0.25) is 0 Å². The topological polar surface area (TPSA) is 97.4 Å². The van der Waals surface area contributed by atoms with Crippen molar-refractivity contribution in [3.63, 3.8) is 0 Å². The first kappa shape index (κ1) is 19.7. The van der Waals surface area contributed by atoms with Gasteiger partial charge in [0.15, 0.2) is 6.10 Å². The number of hydrogen-bond acceptors (Lipinski definition) is 4. The van der Waals surface area contributed by atoms with Crippen LogP contribution in [0.5, 0.6) is 5.75 Å². The van der Waals surface area contributed by atoms with Crippen LogP contribution in [0, 0.1) is 11.2 Å². The normalized spacial score (nSPS) is 11.7. The number of ether oxygens (including phenoxy) is 2. The molecule has 6 nitrogen and oxygen atoms in total. The third-order valence-corrected chi connectivity index (χ3v) is 4.13. The molecule has 0 saturated heterocycles. The Bertz CT molecular complexity index is 829. The highest BCUT2D eigenvalue weighted by Gasteiger charge is 2.23. The molecule has 26 heavy (non-hydrogen) atoms. The molecule has 138 valence electrons. The first-order chi connectivity index (χ1) is 12.4. The second-order valence-corrected chi connectivity index (χ2v) is 5.85. The number of methoxy groups -OCH3 is 2. The summed E-state index contributed by atoms with van der Waals surface area (Å²) in [7, 11) is 2.75. The summed E-state index contributed by atoms with van der Waals surface area (Å²) in [5, 5.41) is 10.4. The number of carbonyl (C=O) groups excluding carboxylic acids is 1. The average Bonchev–Trinajstić information content (AvgIpc) is 2.62. The molecule has 0 bridgehead atoms. The van der Waals surface area contributed by atoms with Gasteiger partial charge in [0.25, 0.3) is 5.91 Å². The summed E-state index contributed by atoms with van der Waals surface area (Å²) in [5.74, 6) is -0.866. The number of carbonyl (C=O) groups is 1. The molecular formula is C18H19ClFN3O3. The molecule has 4 N–H and O–H groups in total. The summed E-state index contributed by atoms with van der Waals surface area (Å²) in [5.41, 5.74) is 6.63. The van der Waals surface area contributed by atoms with Crippen LogP contribution in [0.15, 0.2) is 36.4 Å². The molecule has 0 aliphatic rings. The molecule has 0 radical (unpaired) electrons. The number of nitrogens with one attached hydrogen (secondary N) is 2. The Kier molecular flexibility index (Phi) is 6.54. The fourth-order valence-electron chi connectivity index (χ4n) is 2.36. The van der Waals surface area contributed by atoms with Crippen molar-refractivity contribution < 1.29 is 18.7 Å². The Hall–Kier alpha value is -2.64. The number of hydrogen-bond donors (Lipinski definition) is 3. The van der Waals surface area contributed by atoms with Gasteiger partial charge < -0.3 is 20.5 Å². The number of nitrogen functional groups attached to an aromatic ring is 1. The second kappa shape index (κ2) is 8.64. The van der Waals surface area contributed by atoms with Crippen molar-refractivity contribution in [2.24, 2.45) is 5.73 Å². The predicted molar refractivity (Wildman–Crippen MR) is 97.0 cm³/mol. The Morgan fingerprint density at radius 1 is 1.31 bits per heavy atom. The van der Waals surface area contributed by atoms with E-state index in [9.17, 15) is 9.18 Å². The van der Waals surface area contributed by atoms with E-state index < -0.39 is 17.8 Å². The number of amidine groups is 1. The third-order valence-electron chi connectivity index (χ3n) is 3.78. The molecule has 1 atom stereocenters. The Labute approximate surface area is 155 Å². The van der Waals surface area contributed by atoms with E-state index in [1.54, 1.807) is 24.3 Å². The van der Waals surface area contributed by atoms with Gasteiger partial charge >= 0.3 is 0 Å². The molecule has 2 aromatic carbocycles. The van der Waals surface area contributed by atoms with Crippen molar-refractivity contribution in [1.82, 2.24) is 5.32 Å². The fourth-order valence-corrected chi connectivity index (χ4v) is 2.60. The van der Waals surface area contributed by atoms with Crippen molar-refractivity contribution in [3.05, 3.63) is 63.9 Å². The smallest absolute Gasteiger partial charge is 0.254 e. The SMILES string of the molecule is COc1ccc(C(OC)C(=O)NCc2ccc(C(=N)N)cc2Cl)c(F)c1. The molecule has 8 heteroatoms. The zero-order chi connectivity index (χ0) is 19.3. The minimum Gasteiger partial charge on any atom is -0.497 e. The zero-order valence-corrected chi connectivity index (χ0v) is 15.1. The lowest BCUT2D eigenvalue weighted by atomic mass is 10.1. The molecular weight excluding hydrogens is 361 g/mol. The van der Waals surface area contributed by atoms with Crippen LogP contribution >= 0.6 is 11.6 Å². The molecule has 0 aliphatic heterocycles. The van der Waals surface area contributed by atoms with Crippen molar-refractivity contribution in [3.8, 4) is 5.75 Å². The van der Waals surface area contributed by atoms with E-state index in [0.29, 0.717) is 21.9 Å². The highest BCUT2D eigenvalue weighted by Crippen LogP contribution is 2.25. The zero-order valence-electron chi connectivity index (χ0n) is 14.3. The van der Waals surface area contributed by atoms with E-state index in [1.807, 2.05) is 0 Å². The minimum atomic E-state index is -1.11. The lowest BCUT2D eigenvalue weighted by Crippen LogP contribution is -2.30. The number of halogens is 2. The van der Waals surface area contributed by atoms with Gasteiger partial charge in [-0.05, 0) is 23.8 Å². The quantitative estimate of drug-likeness (QED) is 0.509. The minimum absolute atomic E-state index is 0.100. The predicted octanol–water partition coefficient (Wildman–Crippen LogP) is 2.78. The standard InChI is InChI=1S/C18H19ClFN3O3/c1-25-12-5-6-13(15(20)8-12)16(26-2)18(24)23-9-11-4-3-10(17(21)22)7-14(11)19/h3-8,16H,9H2,1-2H3,(H3,21,22)(H,23,24). The van der Waals surface area contributed by atoms with Gasteiger partial charge in [-0.3, -0.25) is 10.2 Å². The van der Waals surface area contributed by atoms with Crippen LogP contribution in [-0.2, 0) is 16.1 Å². The molecule has 2 aromatic rings. The maximum absolute atomic E-state index is 14.2. The number of amides is 1. The average molecular weight is 380 g/mol. The molecule has 0 fully saturated rings. The van der Waals surface area contributed by atoms with E-state index in [-0.39, 0.29) is 17.9 Å². The summed E-state index contributed by atoms with van der Waals surface area (Å²) in [4.78, 5) is 12.4. The molecule has 1 unspecified atom stereocenters. The molecule has 1 amide bonds. The van der Waals surface area contributed by atoms with Crippen LogP contribution in [0.4, 0.5) is 4.39 Å². The van der Waals surface area contributed by atoms with Crippen LogP contribution in [0.3, 0.4) is 0 Å². The van der Waals surface area contributed by atoms with Gasteiger partial charge in [-0.25, -0.2) is 4.39 Å². The second-order valence-electron chi connectivity index (χ2n) is 5.44. The summed E-state index contributed by atoms with van der Waals surface area (Å²) < 4.78 is 24.3. The Morgan fingerprint density at radius 2 is 2.04 bits per heavy atom. The molecule has 0 saturated carbocycles. The van der Waals surface area contributed by atoms with E-state index in [0.717, 1.165) is 0 Å². The van der Waals surface area contributed by atoms with Crippen molar-refractivity contribution in [2.45, 2.75) is 12.6 Å². The molecule has 0 heterocycles. The van der Waals surface area contributed by atoms with Gasteiger partial charge in [0.05, 0.1) is 7.11 Å². The third kappa shape index (κ3) is 4.50. The van der Waals surface area contributed by atoms with Crippen LogP contribution < -0.4 is 15.8 Å². The van der Waals surface area contributed by atoms with Gasteiger partial charge in [0, 0.05) is 35.9 Å². The largest absolute Gasteiger partial charge is 0.497 e. The summed E-state index contributed by atoms with van der Waals surface area (Å²) >= 11 is 6.14. The Balaban J connectivity index is 2.11. The van der Waals surface area contributed by atoms with Crippen LogP contribution in [0.2, 0.25) is 5.02 Å². The highest BCUT2D eigenvalue weighted by atomic mass is 35.5. The fraction of sp³-hybridized carbons (Fsp3) is 0.222. The first-order valence-corrected chi connectivity index (χ1v) is 8.02. The summed E-state index contributed by atoms with van der Waals surface area (Å²) in [6, 6.07) is 9.02. The van der Waals surface area contributed by atoms with Gasteiger partial charge in [-0.15, -0.1) is 0 Å². The maximum atomic E-state index is 14.2.